The number of anilines is 2. The fourth-order valence-electron chi connectivity index (χ4n) is 2.51. The molecule has 1 heterocycles. The van der Waals surface area contributed by atoms with Crippen LogP contribution >= 0.6 is 0 Å². The first-order valence-electron chi connectivity index (χ1n) is 6.95. The lowest BCUT2D eigenvalue weighted by molar-refractivity contribution is 0.348. The molecule has 5 nitrogen and oxygen atoms in total. The predicted molar refractivity (Wildman–Crippen MR) is 83.7 cm³/mol. The van der Waals surface area contributed by atoms with E-state index in [9.17, 15) is 8.42 Å². The molecule has 6 heteroatoms. The Morgan fingerprint density at radius 3 is 2.70 bits per heavy atom. The summed E-state index contributed by atoms with van der Waals surface area (Å²) in [7, 11) is -1.07. The molecule has 1 saturated heterocycles. The molecule has 0 spiro atoms. The Morgan fingerprint density at radius 1 is 1.20 bits per heavy atom. The van der Waals surface area contributed by atoms with E-state index in [1.54, 1.807) is 6.07 Å². The minimum atomic E-state index is -3.22. The Morgan fingerprint density at radius 2 is 1.95 bits per heavy atom. The van der Waals surface area contributed by atoms with Crippen molar-refractivity contribution in [2.75, 3.05) is 36.4 Å². The first-order chi connectivity index (χ1) is 9.42. The number of likely N-dealkylation sites (tertiary alicyclic amines) is 1. The molecule has 2 N–H and O–H groups in total. The Bertz CT molecular complexity index is 545. The van der Waals surface area contributed by atoms with Crippen LogP contribution in [0.25, 0.3) is 0 Å². The summed E-state index contributed by atoms with van der Waals surface area (Å²) in [5, 5.41) is 3.51. The highest BCUT2D eigenvalue weighted by Crippen LogP contribution is 2.20. The topological polar surface area (TPSA) is 61.4 Å². The number of hydrogen-bond acceptors (Lipinski definition) is 4. The van der Waals surface area contributed by atoms with E-state index in [4.69, 9.17) is 0 Å². The third-order valence-corrected chi connectivity index (χ3v) is 4.09. The lowest BCUT2D eigenvalue weighted by atomic mass is 10.1. The molecule has 0 saturated carbocycles. The van der Waals surface area contributed by atoms with Gasteiger partial charge in [0.25, 0.3) is 0 Å². The van der Waals surface area contributed by atoms with Crippen molar-refractivity contribution < 1.29 is 8.42 Å². The Balaban J connectivity index is 2.00. The lowest BCUT2D eigenvalue weighted by Gasteiger charge is -2.18. The normalized spacial score (nSPS) is 21.2. The molecular formula is C14H23N3O2S. The maximum absolute atomic E-state index is 11.2. The van der Waals surface area contributed by atoms with E-state index >= 15 is 0 Å². The van der Waals surface area contributed by atoms with Crippen molar-refractivity contribution >= 4 is 21.4 Å². The van der Waals surface area contributed by atoms with E-state index in [2.05, 4.69) is 22.0 Å². The Kier molecular flexibility index (Phi) is 4.88. The number of sulfonamides is 1. The molecular weight excluding hydrogens is 274 g/mol. The van der Waals surface area contributed by atoms with Crippen LogP contribution in [-0.4, -0.2) is 45.8 Å². The predicted octanol–water partition coefficient (Wildman–Crippen LogP) is 1.95. The highest BCUT2D eigenvalue weighted by atomic mass is 32.2. The van der Waals surface area contributed by atoms with Gasteiger partial charge in [0.1, 0.15) is 0 Å². The van der Waals surface area contributed by atoms with Crippen LogP contribution in [-0.2, 0) is 10.0 Å². The summed E-state index contributed by atoms with van der Waals surface area (Å²) in [5.41, 5.74) is 1.57. The fourth-order valence-corrected chi connectivity index (χ4v) is 3.06. The van der Waals surface area contributed by atoms with Crippen LogP contribution in [0.4, 0.5) is 11.4 Å². The van der Waals surface area contributed by atoms with E-state index < -0.39 is 10.0 Å². The van der Waals surface area contributed by atoms with Gasteiger partial charge in [-0.3, -0.25) is 4.72 Å². The molecule has 1 aliphatic rings. The molecule has 0 aliphatic carbocycles. The lowest BCUT2D eigenvalue weighted by Crippen LogP contribution is -2.23. The third-order valence-electron chi connectivity index (χ3n) is 3.49. The quantitative estimate of drug-likeness (QED) is 0.892. The Labute approximate surface area is 121 Å². The molecule has 1 atom stereocenters. The summed E-state index contributed by atoms with van der Waals surface area (Å²) < 4.78 is 25.0. The summed E-state index contributed by atoms with van der Waals surface area (Å²) in [6.07, 6.45) is 4.61. The van der Waals surface area contributed by atoms with Crippen molar-refractivity contribution in [2.24, 2.45) is 0 Å². The summed E-state index contributed by atoms with van der Waals surface area (Å²) in [6, 6.07) is 7.89. The van der Waals surface area contributed by atoms with E-state index in [0.29, 0.717) is 11.7 Å². The molecule has 1 fully saturated rings. The molecule has 0 bridgehead atoms. The van der Waals surface area contributed by atoms with Crippen molar-refractivity contribution in [3.63, 3.8) is 0 Å². The van der Waals surface area contributed by atoms with Crippen molar-refractivity contribution in [1.29, 1.82) is 0 Å². The Hall–Kier alpha value is -1.27. The fraction of sp³-hybridized carbons (Fsp3) is 0.571. The van der Waals surface area contributed by atoms with Crippen molar-refractivity contribution in [3.05, 3.63) is 24.3 Å². The summed E-state index contributed by atoms with van der Waals surface area (Å²) in [6.45, 7) is 2.24. The van der Waals surface area contributed by atoms with E-state index in [1.807, 2.05) is 18.2 Å². The van der Waals surface area contributed by atoms with Gasteiger partial charge in [0, 0.05) is 11.7 Å². The van der Waals surface area contributed by atoms with Gasteiger partial charge >= 0.3 is 0 Å². The molecule has 1 aliphatic heterocycles. The average Bonchev–Trinajstić information content (AvgIpc) is 2.53. The number of benzene rings is 1. The molecule has 20 heavy (non-hydrogen) atoms. The van der Waals surface area contributed by atoms with Gasteiger partial charge in [-0.05, 0) is 57.6 Å². The van der Waals surface area contributed by atoms with Crippen molar-refractivity contribution in [1.82, 2.24) is 4.90 Å². The van der Waals surface area contributed by atoms with Crippen LogP contribution < -0.4 is 10.0 Å². The van der Waals surface area contributed by atoms with Gasteiger partial charge in [0.05, 0.1) is 11.9 Å². The van der Waals surface area contributed by atoms with Crippen LogP contribution in [0.2, 0.25) is 0 Å². The second-order valence-corrected chi connectivity index (χ2v) is 7.28. The second-order valence-electron chi connectivity index (χ2n) is 5.53. The second kappa shape index (κ2) is 6.45. The number of nitrogens with one attached hydrogen (secondary N) is 2. The first kappa shape index (κ1) is 15.1. The zero-order chi connectivity index (χ0) is 14.6. The van der Waals surface area contributed by atoms with E-state index in [0.717, 1.165) is 37.9 Å². The van der Waals surface area contributed by atoms with Gasteiger partial charge in [-0.25, -0.2) is 8.42 Å². The minimum absolute atomic E-state index is 0.452. The minimum Gasteiger partial charge on any atom is -0.382 e. The molecule has 112 valence electrons. The molecule has 0 amide bonds. The third kappa shape index (κ3) is 5.02. The number of hydrogen-bond donors (Lipinski definition) is 2. The molecule has 2 rings (SSSR count). The van der Waals surface area contributed by atoms with Crippen LogP contribution in [0.15, 0.2) is 24.3 Å². The largest absolute Gasteiger partial charge is 0.382 e. The van der Waals surface area contributed by atoms with Crippen molar-refractivity contribution in [2.45, 2.75) is 25.3 Å². The van der Waals surface area contributed by atoms with Crippen LogP contribution in [0.1, 0.15) is 19.3 Å². The smallest absolute Gasteiger partial charge is 0.229 e. The summed E-state index contributed by atoms with van der Waals surface area (Å²) in [5.74, 6) is 0. The van der Waals surface area contributed by atoms with Gasteiger partial charge in [-0.1, -0.05) is 6.07 Å². The highest BCUT2D eigenvalue weighted by Gasteiger charge is 2.14. The van der Waals surface area contributed by atoms with E-state index in [1.165, 1.54) is 6.42 Å². The summed E-state index contributed by atoms with van der Waals surface area (Å²) >= 11 is 0. The summed E-state index contributed by atoms with van der Waals surface area (Å²) in [4.78, 5) is 2.35. The van der Waals surface area contributed by atoms with Crippen LogP contribution in [0.5, 0.6) is 0 Å². The monoisotopic (exact) mass is 297 g/mol. The standard InChI is InChI=1S/C14H23N3O2S/c1-17-9-4-7-12(8-10-17)15-13-5-3-6-14(11-13)16-20(2,18)19/h3,5-6,11-12,15-16H,4,7-10H2,1-2H3. The maximum atomic E-state index is 11.2. The molecule has 0 aromatic heterocycles. The van der Waals surface area contributed by atoms with Crippen molar-refractivity contribution in [3.8, 4) is 0 Å². The van der Waals surface area contributed by atoms with Crippen LogP contribution in [0, 0.1) is 0 Å². The van der Waals surface area contributed by atoms with Gasteiger partial charge < -0.3 is 10.2 Å². The average molecular weight is 297 g/mol. The SMILES string of the molecule is CN1CCCC(Nc2cccc(NS(C)(=O)=O)c2)CC1. The molecule has 0 radical (unpaired) electrons. The van der Waals surface area contributed by atoms with Gasteiger partial charge in [0.2, 0.25) is 10.0 Å². The maximum Gasteiger partial charge on any atom is 0.229 e. The van der Waals surface area contributed by atoms with Crippen LogP contribution in [0.3, 0.4) is 0 Å². The molecule has 1 aromatic rings. The zero-order valence-electron chi connectivity index (χ0n) is 12.1. The molecule has 1 unspecified atom stereocenters. The number of rotatable bonds is 4. The van der Waals surface area contributed by atoms with Gasteiger partial charge in [-0.2, -0.15) is 0 Å². The number of nitrogens with zero attached hydrogens (tertiary/aromatic N) is 1. The highest BCUT2D eigenvalue weighted by molar-refractivity contribution is 7.92. The van der Waals surface area contributed by atoms with E-state index in [-0.39, 0.29) is 0 Å². The molecule has 1 aromatic carbocycles. The zero-order valence-corrected chi connectivity index (χ0v) is 12.9. The first-order valence-corrected chi connectivity index (χ1v) is 8.84. The van der Waals surface area contributed by atoms with Gasteiger partial charge in [0.15, 0.2) is 0 Å². The van der Waals surface area contributed by atoms with Gasteiger partial charge in [-0.15, -0.1) is 0 Å².